The molecular weight excluding hydrogens is 248 g/mol. The summed E-state index contributed by atoms with van der Waals surface area (Å²) in [6, 6.07) is 4.49. The molecule has 0 amide bonds. The average Bonchev–Trinajstić information content (AvgIpc) is 2.41. The Morgan fingerprint density at radius 1 is 1.37 bits per heavy atom. The molecule has 6 heteroatoms. The van der Waals surface area contributed by atoms with E-state index in [1.165, 1.54) is 19.2 Å². The summed E-state index contributed by atoms with van der Waals surface area (Å²) in [7, 11) is 1.47. The van der Waals surface area contributed by atoms with E-state index in [1.54, 1.807) is 6.07 Å². The van der Waals surface area contributed by atoms with E-state index in [4.69, 9.17) is 4.74 Å². The largest absolute Gasteiger partial charge is 0.496 e. The molecule has 0 bridgehead atoms. The number of hydrogen-bond acceptors (Lipinski definition) is 5. The van der Waals surface area contributed by atoms with Gasteiger partial charge in [-0.3, -0.25) is 10.1 Å². The summed E-state index contributed by atoms with van der Waals surface area (Å²) in [4.78, 5) is 10.4. The van der Waals surface area contributed by atoms with Crippen LogP contribution >= 0.6 is 0 Å². The molecule has 6 nitrogen and oxygen atoms in total. The molecule has 0 aliphatic heterocycles. The molecule has 0 aromatic heterocycles. The van der Waals surface area contributed by atoms with Crippen molar-refractivity contribution < 1.29 is 14.8 Å². The Balaban J connectivity index is 2.18. The van der Waals surface area contributed by atoms with Gasteiger partial charge in [-0.05, 0) is 12.8 Å². The number of nitro groups is 1. The molecule has 1 aromatic rings. The predicted molar refractivity (Wildman–Crippen MR) is 71.5 cm³/mol. The molecule has 0 spiro atoms. The number of aliphatic hydroxyl groups excluding tert-OH is 1. The van der Waals surface area contributed by atoms with Crippen molar-refractivity contribution in [3.63, 3.8) is 0 Å². The molecule has 0 heterocycles. The number of rotatable bonds is 4. The van der Waals surface area contributed by atoms with Crippen LogP contribution in [0.25, 0.3) is 0 Å². The molecule has 0 radical (unpaired) electrons. The lowest BCUT2D eigenvalue weighted by molar-refractivity contribution is -0.384. The summed E-state index contributed by atoms with van der Waals surface area (Å²) >= 11 is 0. The Morgan fingerprint density at radius 3 is 2.74 bits per heavy atom. The standard InChI is InChI=1S/C13H18N2O4/c1-19-11-7-9(6-10(8-11)15(17)18)14-12-4-2-3-5-13(12)16/h6-8,12-14,16H,2-5H2,1H3. The summed E-state index contributed by atoms with van der Waals surface area (Å²) in [5.41, 5.74) is 0.587. The molecule has 1 aromatic carbocycles. The van der Waals surface area contributed by atoms with E-state index in [0.717, 1.165) is 25.7 Å². The number of nitrogens with zero attached hydrogens (tertiary/aromatic N) is 1. The van der Waals surface area contributed by atoms with Gasteiger partial charge in [0, 0.05) is 17.8 Å². The van der Waals surface area contributed by atoms with E-state index < -0.39 is 11.0 Å². The number of nitrogens with one attached hydrogen (secondary N) is 1. The Labute approximate surface area is 111 Å². The van der Waals surface area contributed by atoms with Gasteiger partial charge in [-0.2, -0.15) is 0 Å². The second-order valence-electron chi connectivity index (χ2n) is 4.78. The van der Waals surface area contributed by atoms with Gasteiger partial charge in [0.05, 0.1) is 30.2 Å². The van der Waals surface area contributed by atoms with E-state index in [0.29, 0.717) is 11.4 Å². The number of nitro benzene ring substituents is 1. The van der Waals surface area contributed by atoms with Gasteiger partial charge in [-0.1, -0.05) is 12.8 Å². The minimum absolute atomic E-state index is 0.0212. The van der Waals surface area contributed by atoms with Crippen LogP contribution in [0.15, 0.2) is 18.2 Å². The van der Waals surface area contributed by atoms with Crippen LogP contribution in [0, 0.1) is 10.1 Å². The zero-order valence-corrected chi connectivity index (χ0v) is 10.8. The van der Waals surface area contributed by atoms with Gasteiger partial charge in [0.2, 0.25) is 0 Å². The van der Waals surface area contributed by atoms with Gasteiger partial charge < -0.3 is 15.2 Å². The fourth-order valence-corrected chi connectivity index (χ4v) is 2.38. The molecule has 1 fully saturated rings. The first kappa shape index (κ1) is 13.6. The molecule has 19 heavy (non-hydrogen) atoms. The fourth-order valence-electron chi connectivity index (χ4n) is 2.38. The summed E-state index contributed by atoms with van der Waals surface area (Å²) in [5, 5.41) is 23.9. The van der Waals surface area contributed by atoms with Gasteiger partial charge in [0.15, 0.2) is 0 Å². The van der Waals surface area contributed by atoms with Crippen LogP contribution in [0.4, 0.5) is 11.4 Å². The van der Waals surface area contributed by atoms with Crippen LogP contribution in [-0.4, -0.2) is 29.3 Å². The summed E-state index contributed by atoms with van der Waals surface area (Å²) < 4.78 is 5.05. The number of benzene rings is 1. The van der Waals surface area contributed by atoms with E-state index in [1.807, 2.05) is 0 Å². The molecule has 104 valence electrons. The lowest BCUT2D eigenvalue weighted by Gasteiger charge is -2.29. The molecule has 0 saturated heterocycles. The topological polar surface area (TPSA) is 84.6 Å². The number of methoxy groups -OCH3 is 1. The van der Waals surface area contributed by atoms with Gasteiger partial charge in [0.25, 0.3) is 5.69 Å². The maximum atomic E-state index is 10.9. The normalized spacial score (nSPS) is 22.8. The van der Waals surface area contributed by atoms with E-state index in [9.17, 15) is 15.2 Å². The molecule has 2 atom stereocenters. The van der Waals surface area contributed by atoms with Gasteiger partial charge in [-0.15, -0.1) is 0 Å². The van der Waals surface area contributed by atoms with Crippen LogP contribution in [0.2, 0.25) is 0 Å². The lowest BCUT2D eigenvalue weighted by Crippen LogP contribution is -2.36. The van der Waals surface area contributed by atoms with Crippen molar-refractivity contribution >= 4 is 11.4 Å². The number of hydrogen-bond donors (Lipinski definition) is 2. The smallest absolute Gasteiger partial charge is 0.275 e. The molecule has 2 unspecified atom stereocenters. The summed E-state index contributed by atoms with van der Waals surface area (Å²) in [6.07, 6.45) is 3.31. The number of non-ortho nitro benzene ring substituents is 1. The molecular formula is C13H18N2O4. The summed E-state index contributed by atoms with van der Waals surface area (Å²) in [5.74, 6) is 0.432. The van der Waals surface area contributed by atoms with Crippen molar-refractivity contribution in [2.45, 2.75) is 37.8 Å². The SMILES string of the molecule is COc1cc(NC2CCCCC2O)cc([N+](=O)[O-])c1. The molecule has 1 aliphatic rings. The minimum Gasteiger partial charge on any atom is -0.496 e. The Kier molecular flexibility index (Phi) is 4.21. The Hall–Kier alpha value is -1.82. The predicted octanol–water partition coefficient (Wildman–Crippen LogP) is 2.32. The van der Waals surface area contributed by atoms with Crippen LogP contribution in [0.1, 0.15) is 25.7 Å². The van der Waals surface area contributed by atoms with Crippen LogP contribution in [0.5, 0.6) is 5.75 Å². The highest BCUT2D eigenvalue weighted by Gasteiger charge is 2.23. The van der Waals surface area contributed by atoms with Crippen molar-refractivity contribution in [1.29, 1.82) is 0 Å². The second kappa shape index (κ2) is 5.88. The minimum atomic E-state index is -0.453. The van der Waals surface area contributed by atoms with Crippen molar-refractivity contribution in [2.75, 3.05) is 12.4 Å². The van der Waals surface area contributed by atoms with Crippen molar-refractivity contribution in [3.8, 4) is 5.75 Å². The third-order valence-electron chi connectivity index (χ3n) is 3.42. The first-order chi connectivity index (χ1) is 9.10. The van der Waals surface area contributed by atoms with E-state index >= 15 is 0 Å². The first-order valence-corrected chi connectivity index (χ1v) is 6.38. The fraction of sp³-hybridized carbons (Fsp3) is 0.538. The highest BCUT2D eigenvalue weighted by molar-refractivity contribution is 5.57. The zero-order valence-electron chi connectivity index (χ0n) is 10.8. The highest BCUT2D eigenvalue weighted by Crippen LogP contribution is 2.28. The maximum absolute atomic E-state index is 10.9. The van der Waals surface area contributed by atoms with Crippen LogP contribution < -0.4 is 10.1 Å². The van der Waals surface area contributed by atoms with Gasteiger partial charge in [-0.25, -0.2) is 0 Å². The maximum Gasteiger partial charge on any atom is 0.275 e. The van der Waals surface area contributed by atoms with Gasteiger partial charge in [0.1, 0.15) is 5.75 Å². The third kappa shape index (κ3) is 3.35. The zero-order chi connectivity index (χ0) is 13.8. The lowest BCUT2D eigenvalue weighted by atomic mass is 9.92. The number of anilines is 1. The Bertz CT molecular complexity index is 464. The molecule has 2 rings (SSSR count). The quantitative estimate of drug-likeness (QED) is 0.645. The molecule has 2 N–H and O–H groups in total. The number of aliphatic hydroxyl groups is 1. The number of ether oxygens (including phenoxy) is 1. The van der Waals surface area contributed by atoms with Crippen LogP contribution in [-0.2, 0) is 0 Å². The first-order valence-electron chi connectivity index (χ1n) is 6.38. The highest BCUT2D eigenvalue weighted by atomic mass is 16.6. The van der Waals surface area contributed by atoms with Crippen molar-refractivity contribution in [3.05, 3.63) is 28.3 Å². The Morgan fingerprint density at radius 2 is 2.11 bits per heavy atom. The molecule has 1 saturated carbocycles. The van der Waals surface area contributed by atoms with E-state index in [-0.39, 0.29) is 11.7 Å². The monoisotopic (exact) mass is 266 g/mol. The van der Waals surface area contributed by atoms with E-state index in [2.05, 4.69) is 5.32 Å². The molecule has 1 aliphatic carbocycles. The average molecular weight is 266 g/mol. The third-order valence-corrected chi connectivity index (χ3v) is 3.42. The van der Waals surface area contributed by atoms with Crippen molar-refractivity contribution in [2.24, 2.45) is 0 Å². The van der Waals surface area contributed by atoms with Crippen LogP contribution in [0.3, 0.4) is 0 Å². The summed E-state index contributed by atoms with van der Waals surface area (Å²) in [6.45, 7) is 0. The second-order valence-corrected chi connectivity index (χ2v) is 4.78. The van der Waals surface area contributed by atoms with Crippen molar-refractivity contribution in [1.82, 2.24) is 0 Å². The van der Waals surface area contributed by atoms with Gasteiger partial charge >= 0.3 is 0 Å².